The maximum absolute atomic E-state index is 12.2. The summed E-state index contributed by atoms with van der Waals surface area (Å²) in [5, 5.41) is 1.41. The van der Waals surface area contributed by atoms with Crippen LogP contribution in [0.1, 0.15) is 5.82 Å². The van der Waals surface area contributed by atoms with Crippen molar-refractivity contribution in [3.63, 3.8) is 0 Å². The van der Waals surface area contributed by atoms with Crippen LogP contribution in [0.3, 0.4) is 0 Å². The molecule has 2 aromatic carbocycles. The quantitative estimate of drug-likeness (QED) is 0.748. The van der Waals surface area contributed by atoms with Gasteiger partial charge in [-0.3, -0.25) is 4.79 Å². The number of piperazine rings is 1. The van der Waals surface area contributed by atoms with Crippen molar-refractivity contribution in [2.45, 2.75) is 6.54 Å². The SMILES string of the molecule is O=c1[nH]c(C[NH+]2CCN(c3cccc(Cl)c3)CC2)nc2ccccc12. The minimum Gasteiger partial charge on any atom is -0.360 e. The van der Waals surface area contributed by atoms with E-state index in [1.165, 1.54) is 10.6 Å². The van der Waals surface area contributed by atoms with Gasteiger partial charge in [0.15, 0.2) is 5.82 Å². The van der Waals surface area contributed by atoms with Crippen molar-refractivity contribution in [2.24, 2.45) is 0 Å². The molecule has 128 valence electrons. The lowest BCUT2D eigenvalue weighted by Gasteiger charge is -2.33. The highest BCUT2D eigenvalue weighted by molar-refractivity contribution is 6.30. The first-order valence-corrected chi connectivity index (χ1v) is 8.89. The number of anilines is 1. The predicted molar refractivity (Wildman–Crippen MR) is 100 cm³/mol. The van der Waals surface area contributed by atoms with Crippen molar-refractivity contribution >= 4 is 28.2 Å². The normalized spacial score (nSPS) is 15.6. The Kier molecular flexibility index (Phi) is 4.42. The van der Waals surface area contributed by atoms with E-state index in [2.05, 4.69) is 20.9 Å². The summed E-state index contributed by atoms with van der Waals surface area (Å²) in [6.07, 6.45) is 0. The standard InChI is InChI=1S/C19H19ClN4O/c20-14-4-3-5-15(12-14)24-10-8-23(9-11-24)13-18-21-17-7-2-1-6-16(17)19(25)22-18/h1-7,12H,8-11,13H2,(H,21,22,25)/p+1. The number of halogens is 1. The van der Waals surface area contributed by atoms with E-state index in [1.807, 2.05) is 42.5 Å². The van der Waals surface area contributed by atoms with Gasteiger partial charge in [-0.25, -0.2) is 4.98 Å². The lowest BCUT2D eigenvalue weighted by Crippen LogP contribution is -3.13. The van der Waals surface area contributed by atoms with Gasteiger partial charge in [0, 0.05) is 10.7 Å². The number of aromatic nitrogens is 2. The second-order valence-corrected chi connectivity index (χ2v) is 6.86. The predicted octanol–water partition coefficient (Wildman–Crippen LogP) is 1.48. The third kappa shape index (κ3) is 3.52. The number of aromatic amines is 1. The summed E-state index contributed by atoms with van der Waals surface area (Å²) < 4.78 is 0. The molecule has 0 bridgehead atoms. The maximum atomic E-state index is 12.2. The average Bonchev–Trinajstić information content (AvgIpc) is 2.62. The van der Waals surface area contributed by atoms with Gasteiger partial charge in [0.2, 0.25) is 0 Å². The number of nitrogens with one attached hydrogen (secondary N) is 2. The molecule has 1 saturated heterocycles. The van der Waals surface area contributed by atoms with Gasteiger partial charge in [-0.1, -0.05) is 29.8 Å². The summed E-state index contributed by atoms with van der Waals surface area (Å²) in [6.45, 7) is 4.68. The van der Waals surface area contributed by atoms with Crippen molar-refractivity contribution in [1.29, 1.82) is 0 Å². The number of nitrogens with zero attached hydrogens (tertiary/aromatic N) is 2. The lowest BCUT2D eigenvalue weighted by molar-refractivity contribution is -0.915. The minimum absolute atomic E-state index is 0.0578. The largest absolute Gasteiger partial charge is 0.360 e. The Morgan fingerprint density at radius 3 is 2.72 bits per heavy atom. The fourth-order valence-electron chi connectivity index (χ4n) is 3.39. The fourth-order valence-corrected chi connectivity index (χ4v) is 3.57. The monoisotopic (exact) mass is 355 g/mol. The van der Waals surface area contributed by atoms with E-state index in [-0.39, 0.29) is 5.56 Å². The number of benzene rings is 2. The van der Waals surface area contributed by atoms with Crippen molar-refractivity contribution in [1.82, 2.24) is 9.97 Å². The number of quaternary nitrogens is 1. The van der Waals surface area contributed by atoms with E-state index in [4.69, 9.17) is 11.6 Å². The van der Waals surface area contributed by atoms with Gasteiger partial charge in [0.05, 0.1) is 37.1 Å². The summed E-state index contributed by atoms with van der Waals surface area (Å²) in [4.78, 5) is 23.5. The molecule has 0 amide bonds. The molecular weight excluding hydrogens is 336 g/mol. The molecule has 0 spiro atoms. The van der Waals surface area contributed by atoms with Crippen LogP contribution in [0.25, 0.3) is 10.9 Å². The zero-order valence-corrected chi connectivity index (χ0v) is 14.6. The smallest absolute Gasteiger partial charge is 0.258 e. The first-order valence-electron chi connectivity index (χ1n) is 8.51. The van der Waals surface area contributed by atoms with Gasteiger partial charge in [-0.15, -0.1) is 0 Å². The van der Waals surface area contributed by atoms with Crippen molar-refractivity contribution in [3.05, 3.63) is 69.7 Å². The Hall–Kier alpha value is -2.37. The Labute approximate surface area is 150 Å². The van der Waals surface area contributed by atoms with E-state index in [0.717, 1.165) is 49.1 Å². The lowest BCUT2D eigenvalue weighted by atomic mass is 10.2. The maximum Gasteiger partial charge on any atom is 0.258 e. The van der Waals surface area contributed by atoms with E-state index in [0.29, 0.717) is 5.39 Å². The number of rotatable bonds is 3. The van der Waals surface area contributed by atoms with Gasteiger partial charge >= 0.3 is 0 Å². The number of hydrogen-bond donors (Lipinski definition) is 2. The first kappa shape index (κ1) is 16.1. The molecule has 6 heteroatoms. The second-order valence-electron chi connectivity index (χ2n) is 6.42. The zero-order valence-electron chi connectivity index (χ0n) is 13.8. The summed E-state index contributed by atoms with van der Waals surface area (Å²) in [7, 11) is 0. The van der Waals surface area contributed by atoms with Gasteiger partial charge < -0.3 is 14.8 Å². The highest BCUT2D eigenvalue weighted by Gasteiger charge is 2.21. The molecule has 1 aliphatic heterocycles. The molecule has 25 heavy (non-hydrogen) atoms. The van der Waals surface area contributed by atoms with Crippen LogP contribution in [0.4, 0.5) is 5.69 Å². The number of para-hydroxylation sites is 1. The van der Waals surface area contributed by atoms with Gasteiger partial charge in [-0.05, 0) is 30.3 Å². The van der Waals surface area contributed by atoms with Gasteiger partial charge in [-0.2, -0.15) is 0 Å². The van der Waals surface area contributed by atoms with Crippen molar-refractivity contribution in [2.75, 3.05) is 31.1 Å². The molecule has 5 nitrogen and oxygen atoms in total. The van der Waals surface area contributed by atoms with Crippen LogP contribution in [0.5, 0.6) is 0 Å². The molecule has 0 aliphatic carbocycles. The van der Waals surface area contributed by atoms with Crippen LogP contribution < -0.4 is 15.4 Å². The molecule has 1 aliphatic rings. The average molecular weight is 356 g/mol. The molecule has 1 fully saturated rings. The van der Waals surface area contributed by atoms with Crippen molar-refractivity contribution in [3.8, 4) is 0 Å². The zero-order chi connectivity index (χ0) is 17.2. The van der Waals surface area contributed by atoms with Crippen LogP contribution in [0.2, 0.25) is 5.02 Å². The van der Waals surface area contributed by atoms with Crippen LogP contribution in [0, 0.1) is 0 Å². The fraction of sp³-hybridized carbons (Fsp3) is 0.263. The molecule has 0 radical (unpaired) electrons. The van der Waals surface area contributed by atoms with Gasteiger partial charge in [0.1, 0.15) is 6.54 Å². The summed E-state index contributed by atoms with van der Waals surface area (Å²) in [5.74, 6) is 0.759. The summed E-state index contributed by atoms with van der Waals surface area (Å²) in [5.41, 5.74) is 1.87. The minimum atomic E-state index is -0.0578. The molecule has 2 N–H and O–H groups in total. The molecule has 0 unspecified atom stereocenters. The summed E-state index contributed by atoms with van der Waals surface area (Å²) >= 11 is 6.09. The highest BCUT2D eigenvalue weighted by atomic mass is 35.5. The first-order chi connectivity index (χ1) is 12.2. The van der Waals surface area contributed by atoms with E-state index >= 15 is 0 Å². The topological polar surface area (TPSA) is 53.4 Å². The van der Waals surface area contributed by atoms with Crippen LogP contribution in [0.15, 0.2) is 53.3 Å². The van der Waals surface area contributed by atoms with Crippen LogP contribution in [-0.2, 0) is 6.54 Å². The van der Waals surface area contributed by atoms with Gasteiger partial charge in [0.25, 0.3) is 5.56 Å². The van der Waals surface area contributed by atoms with Crippen molar-refractivity contribution < 1.29 is 4.90 Å². The Morgan fingerprint density at radius 2 is 1.92 bits per heavy atom. The second kappa shape index (κ2) is 6.86. The number of H-pyrrole nitrogens is 1. The molecular formula is C19H20ClN4O+. The molecule has 0 atom stereocenters. The number of fused-ring (bicyclic) bond motifs is 1. The third-order valence-electron chi connectivity index (χ3n) is 4.72. The molecule has 2 heterocycles. The summed E-state index contributed by atoms with van der Waals surface area (Å²) in [6, 6.07) is 15.5. The van der Waals surface area contributed by atoms with E-state index in [1.54, 1.807) is 0 Å². The molecule has 3 aromatic rings. The van der Waals surface area contributed by atoms with E-state index in [9.17, 15) is 4.79 Å². The Morgan fingerprint density at radius 1 is 1.12 bits per heavy atom. The van der Waals surface area contributed by atoms with Crippen LogP contribution in [-0.4, -0.2) is 36.1 Å². The van der Waals surface area contributed by atoms with E-state index < -0.39 is 0 Å². The molecule has 4 rings (SSSR count). The number of hydrogen-bond acceptors (Lipinski definition) is 3. The Bertz CT molecular complexity index is 947. The molecule has 0 saturated carbocycles. The highest BCUT2D eigenvalue weighted by Crippen LogP contribution is 2.19. The van der Waals surface area contributed by atoms with Crippen LogP contribution >= 0.6 is 11.6 Å². The third-order valence-corrected chi connectivity index (χ3v) is 4.96. The molecule has 1 aromatic heterocycles. The Balaban J connectivity index is 1.44.